The molecule has 25 heavy (non-hydrogen) atoms. The minimum absolute atomic E-state index is 0.148. The Hall–Kier alpha value is -3.39. The number of imidazole rings is 1. The first-order valence-corrected chi connectivity index (χ1v) is 8.08. The molecule has 0 unspecified atom stereocenters. The summed E-state index contributed by atoms with van der Waals surface area (Å²) in [7, 11) is 0. The van der Waals surface area contributed by atoms with E-state index in [4.69, 9.17) is 5.26 Å². The molecule has 0 fully saturated rings. The summed E-state index contributed by atoms with van der Waals surface area (Å²) < 4.78 is 2.09. The third-order valence-electron chi connectivity index (χ3n) is 3.91. The summed E-state index contributed by atoms with van der Waals surface area (Å²) in [5.41, 5.74) is 2.30. The van der Waals surface area contributed by atoms with Gasteiger partial charge < -0.3 is 9.88 Å². The van der Waals surface area contributed by atoms with Gasteiger partial charge in [-0.25, -0.2) is 4.98 Å². The van der Waals surface area contributed by atoms with Crippen molar-refractivity contribution in [1.29, 1.82) is 5.26 Å². The van der Waals surface area contributed by atoms with Gasteiger partial charge in [-0.3, -0.25) is 4.79 Å². The number of hydrogen-bond donors (Lipinski definition) is 1. The second-order valence-corrected chi connectivity index (χ2v) is 5.65. The van der Waals surface area contributed by atoms with Gasteiger partial charge in [0.1, 0.15) is 5.82 Å². The normalized spacial score (nSPS) is 10.2. The maximum absolute atomic E-state index is 12.1. The van der Waals surface area contributed by atoms with E-state index >= 15 is 0 Å². The molecular weight excluding hydrogens is 312 g/mol. The first-order chi connectivity index (χ1) is 12.3. The van der Waals surface area contributed by atoms with Crippen LogP contribution in [0.25, 0.3) is 0 Å². The Morgan fingerprint density at radius 1 is 1.12 bits per heavy atom. The van der Waals surface area contributed by atoms with Gasteiger partial charge in [-0.05, 0) is 29.8 Å². The molecular formula is C20H18N4O. The van der Waals surface area contributed by atoms with Crippen molar-refractivity contribution < 1.29 is 4.79 Å². The minimum Gasteiger partial charge on any atom is -0.352 e. The van der Waals surface area contributed by atoms with E-state index in [0.717, 1.165) is 12.4 Å². The number of nitrogens with zero attached hydrogens (tertiary/aromatic N) is 3. The van der Waals surface area contributed by atoms with Gasteiger partial charge in [0.15, 0.2) is 0 Å². The van der Waals surface area contributed by atoms with Crippen molar-refractivity contribution in [2.75, 3.05) is 6.54 Å². The fraction of sp³-hybridized carbons (Fsp3) is 0.150. The molecule has 2 aromatic carbocycles. The zero-order chi connectivity index (χ0) is 17.5. The van der Waals surface area contributed by atoms with Gasteiger partial charge in [0.05, 0.1) is 11.6 Å². The Balaban J connectivity index is 1.55. The Morgan fingerprint density at radius 3 is 2.60 bits per heavy atom. The molecule has 0 bridgehead atoms. The quantitative estimate of drug-likeness (QED) is 0.755. The van der Waals surface area contributed by atoms with Gasteiger partial charge in [-0.1, -0.05) is 30.3 Å². The van der Waals surface area contributed by atoms with Crippen LogP contribution in [-0.4, -0.2) is 22.0 Å². The van der Waals surface area contributed by atoms with Crippen LogP contribution < -0.4 is 5.32 Å². The molecule has 0 radical (unpaired) electrons. The molecule has 124 valence electrons. The summed E-state index contributed by atoms with van der Waals surface area (Å²) in [5, 5.41) is 11.7. The average Bonchev–Trinajstić information content (AvgIpc) is 3.09. The van der Waals surface area contributed by atoms with Crippen LogP contribution in [0.2, 0.25) is 0 Å². The number of hydrogen-bond acceptors (Lipinski definition) is 3. The molecule has 1 aromatic heterocycles. The van der Waals surface area contributed by atoms with Gasteiger partial charge in [0.25, 0.3) is 5.91 Å². The number of carbonyl (C=O) groups excluding carboxylic acids is 1. The molecule has 0 saturated heterocycles. The molecule has 0 spiro atoms. The van der Waals surface area contributed by atoms with Crippen LogP contribution in [0.4, 0.5) is 0 Å². The van der Waals surface area contributed by atoms with Gasteiger partial charge >= 0.3 is 0 Å². The monoisotopic (exact) mass is 330 g/mol. The van der Waals surface area contributed by atoms with E-state index in [2.05, 4.69) is 27.0 Å². The summed E-state index contributed by atoms with van der Waals surface area (Å²) in [4.78, 5) is 16.5. The minimum atomic E-state index is -0.148. The van der Waals surface area contributed by atoms with E-state index in [1.165, 1.54) is 5.56 Å². The zero-order valence-electron chi connectivity index (χ0n) is 13.7. The van der Waals surface area contributed by atoms with E-state index in [9.17, 15) is 4.79 Å². The van der Waals surface area contributed by atoms with Gasteiger partial charge in [-0.15, -0.1) is 0 Å². The predicted octanol–water partition coefficient (Wildman–Crippen LogP) is 2.78. The number of benzene rings is 2. The topological polar surface area (TPSA) is 70.7 Å². The van der Waals surface area contributed by atoms with Crippen LogP contribution in [-0.2, 0) is 13.0 Å². The highest BCUT2D eigenvalue weighted by Gasteiger charge is 2.07. The van der Waals surface area contributed by atoms with Crippen LogP contribution in [0.3, 0.4) is 0 Å². The molecule has 0 aliphatic carbocycles. The first kappa shape index (κ1) is 16.5. The van der Waals surface area contributed by atoms with Crippen LogP contribution in [0.5, 0.6) is 0 Å². The van der Waals surface area contributed by atoms with E-state index in [1.807, 2.05) is 30.5 Å². The highest BCUT2D eigenvalue weighted by Crippen LogP contribution is 2.06. The molecule has 0 aliphatic rings. The number of nitriles is 1. The van der Waals surface area contributed by atoms with Crippen molar-refractivity contribution in [3.8, 4) is 6.07 Å². The Bertz CT molecular complexity index is 876. The number of carbonyl (C=O) groups is 1. The molecule has 3 rings (SSSR count). The van der Waals surface area contributed by atoms with Crippen molar-refractivity contribution in [3.63, 3.8) is 0 Å². The lowest BCUT2D eigenvalue weighted by molar-refractivity contribution is 0.0954. The van der Waals surface area contributed by atoms with Crippen molar-refractivity contribution >= 4 is 5.91 Å². The lowest BCUT2D eigenvalue weighted by Gasteiger charge is -2.09. The maximum atomic E-state index is 12.1. The summed E-state index contributed by atoms with van der Waals surface area (Å²) >= 11 is 0. The number of aromatic nitrogens is 2. The second kappa shape index (κ2) is 7.93. The number of amides is 1. The Labute approximate surface area is 146 Å². The van der Waals surface area contributed by atoms with Crippen LogP contribution in [0.1, 0.15) is 27.3 Å². The van der Waals surface area contributed by atoms with Gasteiger partial charge in [-0.2, -0.15) is 5.26 Å². The molecule has 3 aromatic rings. The SMILES string of the molecule is N#Cc1ccc(C(=O)NCCc2nccn2Cc2ccccc2)cc1. The lowest BCUT2D eigenvalue weighted by atomic mass is 10.1. The molecule has 0 saturated carbocycles. The average molecular weight is 330 g/mol. The Kier molecular flexibility index (Phi) is 5.22. The molecule has 0 atom stereocenters. The molecule has 0 aliphatic heterocycles. The smallest absolute Gasteiger partial charge is 0.251 e. The standard InChI is InChI=1S/C20H18N4O/c21-14-16-6-8-18(9-7-16)20(25)23-11-10-19-22-12-13-24(19)15-17-4-2-1-3-5-17/h1-9,12-13H,10-11,15H2,(H,23,25). The van der Waals surface area contributed by atoms with E-state index in [-0.39, 0.29) is 5.91 Å². The summed E-state index contributed by atoms with van der Waals surface area (Å²) in [6.45, 7) is 1.27. The Morgan fingerprint density at radius 2 is 1.88 bits per heavy atom. The van der Waals surface area contributed by atoms with Crippen molar-refractivity contribution in [3.05, 3.63) is 89.5 Å². The summed E-state index contributed by atoms with van der Waals surface area (Å²) in [6.07, 6.45) is 4.38. The first-order valence-electron chi connectivity index (χ1n) is 8.08. The highest BCUT2D eigenvalue weighted by molar-refractivity contribution is 5.94. The van der Waals surface area contributed by atoms with Crippen molar-refractivity contribution in [2.45, 2.75) is 13.0 Å². The maximum Gasteiger partial charge on any atom is 0.251 e. The molecule has 5 heteroatoms. The van der Waals surface area contributed by atoms with Crippen LogP contribution >= 0.6 is 0 Å². The molecule has 1 heterocycles. The van der Waals surface area contributed by atoms with Crippen LogP contribution in [0.15, 0.2) is 67.0 Å². The van der Waals surface area contributed by atoms with Gasteiger partial charge in [0, 0.05) is 37.5 Å². The largest absolute Gasteiger partial charge is 0.352 e. The fourth-order valence-electron chi connectivity index (χ4n) is 2.58. The van der Waals surface area contributed by atoms with Crippen molar-refractivity contribution in [2.24, 2.45) is 0 Å². The lowest BCUT2D eigenvalue weighted by Crippen LogP contribution is -2.26. The predicted molar refractivity (Wildman–Crippen MR) is 95.0 cm³/mol. The van der Waals surface area contributed by atoms with E-state index < -0.39 is 0 Å². The second-order valence-electron chi connectivity index (χ2n) is 5.65. The van der Waals surface area contributed by atoms with E-state index in [0.29, 0.717) is 24.1 Å². The third-order valence-corrected chi connectivity index (χ3v) is 3.91. The van der Waals surface area contributed by atoms with E-state index in [1.54, 1.807) is 30.5 Å². The number of rotatable bonds is 6. The summed E-state index contributed by atoms with van der Waals surface area (Å²) in [5.74, 6) is 0.787. The zero-order valence-corrected chi connectivity index (χ0v) is 13.7. The van der Waals surface area contributed by atoms with Gasteiger partial charge in [0.2, 0.25) is 0 Å². The number of nitrogens with one attached hydrogen (secondary N) is 1. The van der Waals surface area contributed by atoms with Crippen LogP contribution in [0, 0.1) is 11.3 Å². The molecule has 1 N–H and O–H groups in total. The molecule has 1 amide bonds. The third kappa shape index (κ3) is 4.33. The molecule has 5 nitrogen and oxygen atoms in total. The summed E-state index contributed by atoms with van der Waals surface area (Å²) in [6, 6.07) is 18.8. The van der Waals surface area contributed by atoms with Crippen molar-refractivity contribution in [1.82, 2.24) is 14.9 Å². The highest BCUT2D eigenvalue weighted by atomic mass is 16.1. The fourth-order valence-corrected chi connectivity index (χ4v) is 2.58.